The van der Waals surface area contributed by atoms with E-state index in [4.69, 9.17) is 9.47 Å². The Morgan fingerprint density at radius 3 is 2.42 bits per heavy atom. The van der Waals surface area contributed by atoms with Crippen LogP contribution in [0.15, 0.2) is 42.5 Å². The first kappa shape index (κ1) is 14.8. The number of anilines is 1. The SMILES string of the molecule is O=C(Nc1ccc(/C=C/c2ccc3c(c2)OCO3)cc1)C1CCC1. The normalized spacial score (nSPS) is 16.2. The molecule has 2 aromatic rings. The van der Waals surface area contributed by atoms with Gasteiger partial charge >= 0.3 is 0 Å². The van der Waals surface area contributed by atoms with Gasteiger partial charge in [-0.2, -0.15) is 0 Å². The Hall–Kier alpha value is -2.75. The second-order valence-corrected chi connectivity index (χ2v) is 6.19. The van der Waals surface area contributed by atoms with Crippen LogP contribution in [0.1, 0.15) is 30.4 Å². The number of fused-ring (bicyclic) bond motifs is 1. The lowest BCUT2D eigenvalue weighted by Crippen LogP contribution is -2.27. The van der Waals surface area contributed by atoms with Gasteiger partial charge in [-0.25, -0.2) is 0 Å². The fourth-order valence-corrected chi connectivity index (χ4v) is 2.80. The summed E-state index contributed by atoms with van der Waals surface area (Å²) in [7, 11) is 0. The fourth-order valence-electron chi connectivity index (χ4n) is 2.80. The van der Waals surface area contributed by atoms with Crippen molar-refractivity contribution in [2.24, 2.45) is 5.92 Å². The summed E-state index contributed by atoms with van der Waals surface area (Å²) in [4.78, 5) is 11.9. The molecule has 24 heavy (non-hydrogen) atoms. The highest BCUT2D eigenvalue weighted by Crippen LogP contribution is 2.33. The summed E-state index contributed by atoms with van der Waals surface area (Å²) >= 11 is 0. The number of nitrogens with one attached hydrogen (secondary N) is 1. The Morgan fingerprint density at radius 2 is 1.67 bits per heavy atom. The molecule has 4 nitrogen and oxygen atoms in total. The first-order chi connectivity index (χ1) is 11.8. The maximum absolute atomic E-state index is 11.9. The Kier molecular flexibility index (Phi) is 3.95. The number of benzene rings is 2. The first-order valence-corrected chi connectivity index (χ1v) is 8.26. The largest absolute Gasteiger partial charge is 0.454 e. The molecule has 1 aliphatic heterocycles. The van der Waals surface area contributed by atoms with Gasteiger partial charge in [0.25, 0.3) is 0 Å². The molecule has 122 valence electrons. The van der Waals surface area contributed by atoms with Crippen LogP contribution in [0.4, 0.5) is 5.69 Å². The van der Waals surface area contributed by atoms with Gasteiger partial charge in [0, 0.05) is 11.6 Å². The third kappa shape index (κ3) is 3.13. The van der Waals surface area contributed by atoms with Gasteiger partial charge in [-0.1, -0.05) is 36.8 Å². The monoisotopic (exact) mass is 321 g/mol. The van der Waals surface area contributed by atoms with Gasteiger partial charge in [-0.05, 0) is 48.2 Å². The number of carbonyl (C=O) groups excluding carboxylic acids is 1. The van der Waals surface area contributed by atoms with E-state index >= 15 is 0 Å². The highest BCUT2D eigenvalue weighted by atomic mass is 16.7. The van der Waals surface area contributed by atoms with Crippen molar-refractivity contribution in [3.8, 4) is 11.5 Å². The maximum Gasteiger partial charge on any atom is 0.231 e. The molecule has 0 unspecified atom stereocenters. The fraction of sp³-hybridized carbons (Fsp3) is 0.250. The summed E-state index contributed by atoms with van der Waals surface area (Å²) in [6, 6.07) is 13.8. The lowest BCUT2D eigenvalue weighted by Gasteiger charge is -2.24. The minimum absolute atomic E-state index is 0.143. The quantitative estimate of drug-likeness (QED) is 0.853. The van der Waals surface area contributed by atoms with Crippen molar-refractivity contribution in [2.75, 3.05) is 12.1 Å². The molecule has 1 saturated carbocycles. The van der Waals surface area contributed by atoms with Crippen molar-refractivity contribution in [1.82, 2.24) is 0 Å². The van der Waals surface area contributed by atoms with Crippen LogP contribution in [0.2, 0.25) is 0 Å². The second kappa shape index (κ2) is 6.40. The zero-order chi connectivity index (χ0) is 16.4. The summed E-state index contributed by atoms with van der Waals surface area (Å²) in [6.07, 6.45) is 7.27. The minimum Gasteiger partial charge on any atom is -0.454 e. The zero-order valence-electron chi connectivity index (χ0n) is 13.3. The number of ether oxygens (including phenoxy) is 2. The molecule has 2 aliphatic rings. The second-order valence-electron chi connectivity index (χ2n) is 6.19. The maximum atomic E-state index is 11.9. The van der Waals surface area contributed by atoms with Gasteiger partial charge in [0.05, 0.1) is 0 Å². The minimum atomic E-state index is 0.143. The highest BCUT2D eigenvalue weighted by Gasteiger charge is 2.24. The molecule has 1 aliphatic carbocycles. The Labute approximate surface area is 141 Å². The summed E-state index contributed by atoms with van der Waals surface area (Å²) < 4.78 is 10.7. The van der Waals surface area contributed by atoms with E-state index in [1.807, 2.05) is 54.6 Å². The smallest absolute Gasteiger partial charge is 0.231 e. The van der Waals surface area contributed by atoms with Crippen molar-refractivity contribution in [1.29, 1.82) is 0 Å². The van der Waals surface area contributed by atoms with Gasteiger partial charge in [0.1, 0.15) is 0 Å². The topological polar surface area (TPSA) is 47.6 Å². The highest BCUT2D eigenvalue weighted by molar-refractivity contribution is 5.93. The molecule has 4 rings (SSSR count). The van der Waals surface area contributed by atoms with E-state index in [0.717, 1.165) is 41.2 Å². The summed E-state index contributed by atoms with van der Waals surface area (Å²) in [6.45, 7) is 0.288. The van der Waals surface area contributed by atoms with Crippen LogP contribution in [0.3, 0.4) is 0 Å². The average molecular weight is 321 g/mol. The van der Waals surface area contributed by atoms with Gasteiger partial charge in [0.15, 0.2) is 11.5 Å². The number of rotatable bonds is 4. The van der Waals surface area contributed by atoms with Crippen LogP contribution in [-0.2, 0) is 4.79 Å². The standard InChI is InChI=1S/C20H19NO3/c22-20(16-2-1-3-16)21-17-9-6-14(7-10-17)4-5-15-8-11-18-19(12-15)24-13-23-18/h4-12,16H,1-3,13H2,(H,21,22)/b5-4+. The van der Waals surface area contributed by atoms with E-state index in [-0.39, 0.29) is 18.6 Å². The van der Waals surface area contributed by atoms with E-state index in [9.17, 15) is 4.79 Å². The molecule has 0 spiro atoms. The third-order valence-corrected chi connectivity index (χ3v) is 4.52. The van der Waals surface area contributed by atoms with Crippen molar-refractivity contribution < 1.29 is 14.3 Å². The van der Waals surface area contributed by atoms with E-state index in [2.05, 4.69) is 5.32 Å². The Bertz CT molecular complexity index is 776. The lowest BCUT2D eigenvalue weighted by atomic mass is 9.85. The molecular weight excluding hydrogens is 302 g/mol. The number of hydrogen-bond donors (Lipinski definition) is 1. The van der Waals surface area contributed by atoms with Gasteiger partial charge in [-0.3, -0.25) is 4.79 Å². The van der Waals surface area contributed by atoms with Crippen molar-refractivity contribution in [2.45, 2.75) is 19.3 Å². The lowest BCUT2D eigenvalue weighted by molar-refractivity contribution is -0.122. The van der Waals surface area contributed by atoms with Crippen LogP contribution in [0, 0.1) is 5.92 Å². The van der Waals surface area contributed by atoms with Crippen LogP contribution in [0.5, 0.6) is 11.5 Å². The molecule has 0 radical (unpaired) electrons. The number of carbonyl (C=O) groups is 1. The Balaban J connectivity index is 1.40. The van der Waals surface area contributed by atoms with Gasteiger partial charge in [-0.15, -0.1) is 0 Å². The molecule has 1 amide bonds. The summed E-state index contributed by atoms with van der Waals surface area (Å²) in [5.74, 6) is 1.92. The average Bonchev–Trinajstić information content (AvgIpc) is 3.00. The molecule has 0 aromatic heterocycles. The van der Waals surface area contributed by atoms with Crippen molar-refractivity contribution in [3.05, 3.63) is 53.6 Å². The van der Waals surface area contributed by atoms with E-state index < -0.39 is 0 Å². The molecule has 2 aromatic carbocycles. The molecule has 4 heteroatoms. The van der Waals surface area contributed by atoms with Crippen LogP contribution in [-0.4, -0.2) is 12.7 Å². The molecule has 1 heterocycles. The van der Waals surface area contributed by atoms with Gasteiger partial charge < -0.3 is 14.8 Å². The van der Waals surface area contributed by atoms with Crippen LogP contribution < -0.4 is 14.8 Å². The predicted molar refractivity (Wildman–Crippen MR) is 93.9 cm³/mol. The molecular formula is C20H19NO3. The molecule has 0 bridgehead atoms. The summed E-state index contributed by atoms with van der Waals surface area (Å²) in [5.41, 5.74) is 2.99. The van der Waals surface area contributed by atoms with E-state index in [0.29, 0.717) is 0 Å². The van der Waals surface area contributed by atoms with Crippen molar-refractivity contribution >= 4 is 23.7 Å². The van der Waals surface area contributed by atoms with E-state index in [1.54, 1.807) is 0 Å². The Morgan fingerprint density at radius 1 is 0.958 bits per heavy atom. The molecule has 0 atom stereocenters. The van der Waals surface area contributed by atoms with Gasteiger partial charge in [0.2, 0.25) is 12.7 Å². The molecule has 0 saturated heterocycles. The molecule has 1 N–H and O–H groups in total. The number of hydrogen-bond acceptors (Lipinski definition) is 3. The third-order valence-electron chi connectivity index (χ3n) is 4.52. The zero-order valence-corrected chi connectivity index (χ0v) is 13.3. The predicted octanol–water partition coefficient (Wildman–Crippen LogP) is 4.32. The summed E-state index contributed by atoms with van der Waals surface area (Å²) in [5, 5.41) is 2.98. The van der Waals surface area contributed by atoms with Crippen LogP contribution in [0.25, 0.3) is 12.2 Å². The van der Waals surface area contributed by atoms with Crippen LogP contribution >= 0.6 is 0 Å². The number of amides is 1. The molecule has 1 fully saturated rings. The van der Waals surface area contributed by atoms with Crippen molar-refractivity contribution in [3.63, 3.8) is 0 Å². The first-order valence-electron chi connectivity index (χ1n) is 8.26. The van der Waals surface area contributed by atoms with E-state index in [1.165, 1.54) is 6.42 Å².